The summed E-state index contributed by atoms with van der Waals surface area (Å²) >= 11 is 3.61. The second-order valence-electron chi connectivity index (χ2n) is 9.88. The van der Waals surface area contributed by atoms with E-state index in [9.17, 15) is 4.79 Å². The molecule has 10 heteroatoms. The summed E-state index contributed by atoms with van der Waals surface area (Å²) in [5.74, 6) is 2.10. The van der Waals surface area contributed by atoms with E-state index in [-0.39, 0.29) is 10.8 Å². The van der Waals surface area contributed by atoms with Crippen molar-refractivity contribution >= 4 is 40.7 Å². The molecule has 39 heavy (non-hydrogen) atoms. The number of aromatic amines is 1. The number of hydrogen-bond donors (Lipinski definition) is 1. The number of morpholine rings is 1. The van der Waals surface area contributed by atoms with Gasteiger partial charge in [0, 0.05) is 30.8 Å². The summed E-state index contributed by atoms with van der Waals surface area (Å²) in [4.78, 5) is 28.2. The van der Waals surface area contributed by atoms with E-state index in [0.717, 1.165) is 36.5 Å². The number of aryl methyl sites for hydroxylation is 1. The molecule has 1 saturated carbocycles. The van der Waals surface area contributed by atoms with Gasteiger partial charge in [-0.3, -0.25) is 5.32 Å². The number of anilines is 2. The molecular formula is C29H30N5O3S2+. The van der Waals surface area contributed by atoms with Crippen LogP contribution in [0.3, 0.4) is 0 Å². The van der Waals surface area contributed by atoms with E-state index in [1.165, 1.54) is 10.0 Å². The van der Waals surface area contributed by atoms with Crippen LogP contribution in [0.25, 0.3) is 11.4 Å². The van der Waals surface area contributed by atoms with E-state index >= 15 is 0 Å². The van der Waals surface area contributed by atoms with E-state index in [1.807, 2.05) is 54.2 Å². The lowest BCUT2D eigenvalue weighted by Gasteiger charge is -2.34. The number of ether oxygens (including phenoxy) is 2. The van der Waals surface area contributed by atoms with Crippen molar-refractivity contribution in [1.29, 1.82) is 0 Å². The maximum absolute atomic E-state index is 12.3. The molecule has 1 aliphatic heterocycles. The summed E-state index contributed by atoms with van der Waals surface area (Å²) < 4.78 is 12.2. The molecular weight excluding hydrogens is 530 g/mol. The zero-order valence-corrected chi connectivity index (χ0v) is 23.5. The summed E-state index contributed by atoms with van der Waals surface area (Å²) in [5.41, 5.74) is 3.75. The zero-order valence-electron chi connectivity index (χ0n) is 21.8. The molecule has 1 saturated heterocycles. The van der Waals surface area contributed by atoms with Crippen molar-refractivity contribution in [2.45, 2.75) is 41.8 Å². The first-order chi connectivity index (χ1) is 19.0. The van der Waals surface area contributed by atoms with Crippen LogP contribution in [-0.4, -0.2) is 41.9 Å². The quantitative estimate of drug-likeness (QED) is 0.299. The number of thioether (sulfide) groups is 1. The molecule has 2 N–H and O–H groups in total. The van der Waals surface area contributed by atoms with Crippen LogP contribution in [0.4, 0.5) is 16.3 Å². The molecule has 200 valence electrons. The van der Waals surface area contributed by atoms with Crippen LogP contribution in [0.1, 0.15) is 31.2 Å². The van der Waals surface area contributed by atoms with Crippen LogP contribution in [0, 0.1) is 6.92 Å². The molecule has 2 aromatic heterocycles. The van der Waals surface area contributed by atoms with Gasteiger partial charge in [-0.2, -0.15) is 4.98 Å². The van der Waals surface area contributed by atoms with Crippen molar-refractivity contribution in [3.8, 4) is 17.1 Å². The van der Waals surface area contributed by atoms with Crippen LogP contribution in [-0.2, 0) is 9.48 Å². The standard InChI is InChI=1S/C29H29N5O3S2/c1-19-18-38-28(30-19)39-29(12-13-29)24-16-25(34-14-15-36-17-20(34)2)33-26(32-24)21-8-10-22(11-9-21)31-27(35)37-23-6-4-3-5-7-23/h3-11,16,18,20H,12-15,17H2,1-2H3,(H,31,35)/p+1/t20-/m0/s1. The Morgan fingerprint density at radius 3 is 2.67 bits per heavy atom. The van der Waals surface area contributed by atoms with E-state index in [2.05, 4.69) is 40.5 Å². The number of benzene rings is 2. The van der Waals surface area contributed by atoms with Gasteiger partial charge in [-0.1, -0.05) is 29.5 Å². The number of para-hydroxylation sites is 1. The molecule has 0 radical (unpaired) electrons. The number of carbonyl (C=O) groups excluding carboxylic acids is 1. The van der Waals surface area contributed by atoms with E-state index in [1.54, 1.807) is 23.5 Å². The fourth-order valence-corrected chi connectivity index (χ4v) is 7.03. The minimum atomic E-state index is -0.538. The number of aromatic nitrogens is 3. The summed E-state index contributed by atoms with van der Waals surface area (Å²) in [6.07, 6.45) is 1.61. The van der Waals surface area contributed by atoms with E-state index < -0.39 is 6.09 Å². The molecule has 0 bridgehead atoms. The number of H-pyrrole nitrogens is 1. The molecule has 4 aromatic rings. The first-order valence-electron chi connectivity index (χ1n) is 13.0. The van der Waals surface area contributed by atoms with E-state index in [4.69, 9.17) is 19.4 Å². The molecule has 1 aliphatic carbocycles. The van der Waals surface area contributed by atoms with Crippen molar-refractivity contribution in [2.24, 2.45) is 0 Å². The van der Waals surface area contributed by atoms with Gasteiger partial charge in [0.2, 0.25) is 0 Å². The van der Waals surface area contributed by atoms with Crippen LogP contribution in [0.2, 0.25) is 0 Å². The molecule has 1 atom stereocenters. The maximum Gasteiger partial charge on any atom is 0.417 e. The number of nitrogens with one attached hydrogen (secondary N) is 2. The number of nitrogens with zero attached hydrogens (tertiary/aromatic N) is 3. The van der Waals surface area contributed by atoms with Crippen LogP contribution >= 0.6 is 23.1 Å². The highest BCUT2D eigenvalue weighted by molar-refractivity contribution is 8.02. The molecule has 1 amide bonds. The third-order valence-corrected chi connectivity index (χ3v) is 9.44. The Bertz CT molecular complexity index is 1460. The molecule has 2 aliphatic rings. The second kappa shape index (κ2) is 11.0. The lowest BCUT2D eigenvalue weighted by Crippen LogP contribution is -2.44. The number of rotatable bonds is 7. The van der Waals surface area contributed by atoms with Crippen molar-refractivity contribution in [2.75, 3.05) is 30.0 Å². The highest BCUT2D eigenvalue weighted by Gasteiger charge is 2.49. The Hall–Kier alpha value is -3.47. The minimum Gasteiger partial charge on any atom is -0.410 e. The average molecular weight is 561 g/mol. The third-order valence-electron chi connectivity index (χ3n) is 6.82. The largest absolute Gasteiger partial charge is 0.417 e. The van der Waals surface area contributed by atoms with Gasteiger partial charge in [0.25, 0.3) is 4.34 Å². The van der Waals surface area contributed by atoms with Crippen molar-refractivity contribution in [3.05, 3.63) is 77.4 Å². The van der Waals surface area contributed by atoms with E-state index in [0.29, 0.717) is 30.5 Å². The molecule has 6 rings (SSSR count). The second-order valence-corrected chi connectivity index (χ2v) is 12.4. The lowest BCUT2D eigenvalue weighted by molar-refractivity contribution is -0.425. The molecule has 0 unspecified atom stereocenters. The van der Waals surface area contributed by atoms with Crippen molar-refractivity contribution in [1.82, 2.24) is 9.97 Å². The Kier molecular flexibility index (Phi) is 7.24. The predicted octanol–water partition coefficient (Wildman–Crippen LogP) is 5.95. The first-order valence-corrected chi connectivity index (χ1v) is 14.7. The minimum absolute atomic E-state index is 0.0571. The van der Waals surface area contributed by atoms with Gasteiger partial charge >= 0.3 is 6.09 Å². The summed E-state index contributed by atoms with van der Waals surface area (Å²) in [5, 5.41) is 4.93. The maximum atomic E-state index is 12.3. The zero-order chi connectivity index (χ0) is 26.8. The van der Waals surface area contributed by atoms with Gasteiger partial charge in [-0.25, -0.2) is 14.8 Å². The van der Waals surface area contributed by atoms with Crippen molar-refractivity contribution in [3.63, 3.8) is 0 Å². The normalized spacial score (nSPS) is 18.0. The van der Waals surface area contributed by atoms with Crippen LogP contribution in [0.5, 0.6) is 5.75 Å². The summed E-state index contributed by atoms with van der Waals surface area (Å²) in [7, 11) is 0. The number of hydrogen-bond acceptors (Lipinski definition) is 8. The van der Waals surface area contributed by atoms with Gasteiger partial charge < -0.3 is 14.4 Å². The van der Waals surface area contributed by atoms with Gasteiger partial charge in [0.15, 0.2) is 11.5 Å². The monoisotopic (exact) mass is 560 g/mol. The molecule has 3 heterocycles. The Balaban J connectivity index is 1.27. The number of thiazole rings is 1. The Morgan fingerprint density at radius 2 is 1.97 bits per heavy atom. The fraction of sp³-hybridized carbons (Fsp3) is 0.310. The SMILES string of the molecule is Cc1csc(SC2(c3cc(N4CCOC[C@@H]4C)nc(-c4ccc(NC(=O)Oc5ccccc5)cc4)n3)CC2)[nH+]1. The van der Waals surface area contributed by atoms with Crippen LogP contribution in [0.15, 0.2) is 70.4 Å². The van der Waals surface area contributed by atoms with Gasteiger partial charge in [-0.15, -0.1) is 0 Å². The first kappa shape index (κ1) is 25.8. The van der Waals surface area contributed by atoms with Crippen molar-refractivity contribution < 1.29 is 19.3 Å². The number of amides is 1. The smallest absolute Gasteiger partial charge is 0.410 e. The predicted molar refractivity (Wildman–Crippen MR) is 154 cm³/mol. The third kappa shape index (κ3) is 5.93. The molecule has 2 fully saturated rings. The highest BCUT2D eigenvalue weighted by atomic mass is 32.2. The summed E-state index contributed by atoms with van der Waals surface area (Å²) in [6.45, 7) is 6.40. The molecule has 8 nitrogen and oxygen atoms in total. The van der Waals surface area contributed by atoms with Crippen LogP contribution < -0.4 is 19.9 Å². The molecule has 0 spiro atoms. The topological polar surface area (TPSA) is 90.7 Å². The molecule has 2 aromatic carbocycles. The van der Waals surface area contributed by atoms with Gasteiger partial charge in [-0.05, 0) is 67.9 Å². The summed E-state index contributed by atoms with van der Waals surface area (Å²) in [6, 6.07) is 19.0. The fourth-order valence-electron chi connectivity index (χ4n) is 4.57. The van der Waals surface area contributed by atoms with Gasteiger partial charge in [0.05, 0.1) is 35.1 Å². The average Bonchev–Trinajstić information content (AvgIpc) is 3.62. The van der Waals surface area contributed by atoms with Gasteiger partial charge in [0.1, 0.15) is 11.6 Å². The number of carbonyl (C=O) groups is 1. The Morgan fingerprint density at radius 1 is 1.18 bits per heavy atom. The lowest BCUT2D eigenvalue weighted by atomic mass is 10.1. The highest BCUT2D eigenvalue weighted by Crippen LogP contribution is 2.59. The Labute approximate surface area is 235 Å².